The lowest BCUT2D eigenvalue weighted by atomic mass is 9.98. The van der Waals surface area contributed by atoms with Gasteiger partial charge in [-0.05, 0) is 54.1 Å². The van der Waals surface area contributed by atoms with Crippen molar-refractivity contribution < 1.29 is 8.83 Å². The van der Waals surface area contributed by atoms with Gasteiger partial charge in [0.05, 0.1) is 22.3 Å². The van der Waals surface area contributed by atoms with Crippen LogP contribution in [0.3, 0.4) is 0 Å². The second kappa shape index (κ2) is 8.11. The van der Waals surface area contributed by atoms with Gasteiger partial charge in [0.25, 0.3) is 0 Å². The van der Waals surface area contributed by atoms with E-state index in [9.17, 15) is 5.26 Å². The fourth-order valence-corrected chi connectivity index (χ4v) is 6.46. The minimum absolute atomic E-state index is 0.620. The zero-order valence-electron chi connectivity index (χ0n) is 21.8. The highest BCUT2D eigenvalue weighted by atomic mass is 16.4. The van der Waals surface area contributed by atoms with Crippen molar-refractivity contribution in [1.29, 1.82) is 5.26 Å². The molecular weight excluding hydrogens is 504 g/mol. The number of hydrogen-bond donors (Lipinski definition) is 0. The van der Waals surface area contributed by atoms with E-state index in [-0.39, 0.29) is 0 Å². The van der Waals surface area contributed by atoms with Crippen LogP contribution in [0.1, 0.15) is 5.56 Å². The van der Waals surface area contributed by atoms with Gasteiger partial charge in [-0.3, -0.25) is 0 Å². The van der Waals surface area contributed by atoms with E-state index >= 15 is 0 Å². The number of furan rings is 2. The second-order valence-corrected chi connectivity index (χ2v) is 10.4. The molecule has 0 N–H and O–H groups in total. The van der Waals surface area contributed by atoms with Crippen molar-refractivity contribution in [3.05, 3.63) is 127 Å². The Balaban J connectivity index is 1.34. The molecule has 4 heteroatoms. The van der Waals surface area contributed by atoms with Crippen molar-refractivity contribution in [1.82, 2.24) is 4.57 Å². The van der Waals surface area contributed by atoms with Gasteiger partial charge in [0, 0.05) is 37.9 Å². The SMILES string of the molecule is N#Cc1cccc(-c2ccc3oc4c(ccc5c6ccccc6oc54)c3c2)c1-n1c2ccccc2c2ccccc21. The van der Waals surface area contributed by atoms with Crippen LogP contribution in [0.2, 0.25) is 0 Å². The smallest absolute Gasteiger partial charge is 0.178 e. The van der Waals surface area contributed by atoms with Crippen molar-refractivity contribution in [2.75, 3.05) is 0 Å². The molecule has 6 aromatic carbocycles. The Hall–Kier alpha value is -5.79. The minimum Gasteiger partial charge on any atom is -0.452 e. The summed E-state index contributed by atoms with van der Waals surface area (Å²) in [5.74, 6) is 0. The zero-order valence-corrected chi connectivity index (χ0v) is 21.8. The summed E-state index contributed by atoms with van der Waals surface area (Å²) in [6.45, 7) is 0. The Labute approximate surface area is 233 Å². The second-order valence-electron chi connectivity index (χ2n) is 10.4. The van der Waals surface area contributed by atoms with Gasteiger partial charge in [-0.25, -0.2) is 0 Å². The number of aromatic nitrogens is 1. The van der Waals surface area contributed by atoms with E-state index in [2.05, 4.69) is 95.6 Å². The zero-order chi connectivity index (χ0) is 27.1. The number of rotatable bonds is 2. The molecule has 0 saturated heterocycles. The van der Waals surface area contributed by atoms with Crippen LogP contribution in [0.15, 0.2) is 130 Å². The van der Waals surface area contributed by atoms with E-state index in [1.807, 2.05) is 36.4 Å². The first-order chi connectivity index (χ1) is 20.3. The molecule has 9 rings (SSSR count). The molecule has 0 atom stereocenters. The van der Waals surface area contributed by atoms with Crippen molar-refractivity contribution in [3.8, 4) is 22.9 Å². The van der Waals surface area contributed by atoms with Crippen LogP contribution in [-0.4, -0.2) is 4.57 Å². The molecule has 0 aliphatic carbocycles. The van der Waals surface area contributed by atoms with E-state index in [1.165, 1.54) is 0 Å². The molecule has 3 heterocycles. The molecule has 0 spiro atoms. The molecule has 0 amide bonds. The van der Waals surface area contributed by atoms with Gasteiger partial charge >= 0.3 is 0 Å². The third kappa shape index (κ3) is 2.98. The summed E-state index contributed by atoms with van der Waals surface area (Å²) >= 11 is 0. The lowest BCUT2D eigenvalue weighted by molar-refractivity contribution is 0.633. The molecule has 0 aliphatic rings. The van der Waals surface area contributed by atoms with Crippen molar-refractivity contribution in [2.45, 2.75) is 0 Å². The molecule has 0 aliphatic heterocycles. The van der Waals surface area contributed by atoms with Gasteiger partial charge < -0.3 is 13.4 Å². The Morgan fingerprint density at radius 1 is 0.512 bits per heavy atom. The molecule has 0 radical (unpaired) electrons. The lowest BCUT2D eigenvalue weighted by Gasteiger charge is -2.16. The molecule has 4 nitrogen and oxygen atoms in total. The summed E-state index contributed by atoms with van der Waals surface area (Å²) in [7, 11) is 0. The number of hydrogen-bond acceptors (Lipinski definition) is 3. The molecule has 0 saturated carbocycles. The highest BCUT2D eigenvalue weighted by Gasteiger charge is 2.20. The van der Waals surface area contributed by atoms with E-state index in [0.717, 1.165) is 82.5 Å². The molecule has 0 unspecified atom stereocenters. The average Bonchev–Trinajstić information content (AvgIpc) is 3.70. The molecule has 9 aromatic rings. The highest BCUT2D eigenvalue weighted by molar-refractivity contribution is 6.19. The maximum atomic E-state index is 10.3. The van der Waals surface area contributed by atoms with Crippen LogP contribution >= 0.6 is 0 Å². The first kappa shape index (κ1) is 22.1. The summed E-state index contributed by atoms with van der Waals surface area (Å²) < 4.78 is 14.9. The predicted octanol–water partition coefficient (Wildman–Crippen LogP) is 10.1. The Morgan fingerprint density at radius 3 is 1.83 bits per heavy atom. The molecule has 0 fully saturated rings. The monoisotopic (exact) mass is 524 g/mol. The number of para-hydroxylation sites is 4. The fourth-order valence-electron chi connectivity index (χ4n) is 6.46. The van der Waals surface area contributed by atoms with E-state index in [0.29, 0.717) is 5.56 Å². The summed E-state index contributed by atoms with van der Waals surface area (Å²) in [5.41, 5.74) is 8.79. The summed E-state index contributed by atoms with van der Waals surface area (Å²) in [5, 5.41) is 16.7. The highest BCUT2D eigenvalue weighted by Crippen LogP contribution is 2.42. The lowest BCUT2D eigenvalue weighted by Crippen LogP contribution is -2.00. The Morgan fingerprint density at radius 2 is 1.12 bits per heavy atom. The maximum Gasteiger partial charge on any atom is 0.178 e. The molecular formula is C37H20N2O2. The van der Waals surface area contributed by atoms with Crippen molar-refractivity contribution >= 4 is 65.7 Å². The van der Waals surface area contributed by atoms with E-state index < -0.39 is 0 Å². The van der Waals surface area contributed by atoms with Gasteiger partial charge in [-0.2, -0.15) is 5.26 Å². The Kier molecular flexibility index (Phi) is 4.37. The first-order valence-corrected chi connectivity index (χ1v) is 13.6. The van der Waals surface area contributed by atoms with Crippen molar-refractivity contribution in [3.63, 3.8) is 0 Å². The van der Waals surface area contributed by atoms with E-state index in [1.54, 1.807) is 0 Å². The molecule has 3 aromatic heterocycles. The standard InChI is InChI=1S/C37H20N2O2/c38-21-23-8-7-12-24(35(23)39-31-13-4-1-9-25(31)26-10-2-5-14-32(26)39)22-16-19-34-30(20-22)29-18-17-28-27-11-3-6-15-33(27)40-36(28)37(29)41-34/h1-20H. The molecule has 41 heavy (non-hydrogen) atoms. The minimum atomic E-state index is 0.620. The molecule has 190 valence electrons. The largest absolute Gasteiger partial charge is 0.452 e. The summed E-state index contributed by atoms with van der Waals surface area (Å²) in [4.78, 5) is 0. The van der Waals surface area contributed by atoms with Crippen LogP contribution in [0, 0.1) is 11.3 Å². The normalized spacial score (nSPS) is 11.9. The number of benzene rings is 6. The van der Waals surface area contributed by atoms with Crippen molar-refractivity contribution in [2.24, 2.45) is 0 Å². The van der Waals surface area contributed by atoms with E-state index in [4.69, 9.17) is 8.83 Å². The van der Waals surface area contributed by atoms with Crippen LogP contribution in [0.4, 0.5) is 0 Å². The van der Waals surface area contributed by atoms with Gasteiger partial charge in [-0.15, -0.1) is 0 Å². The van der Waals surface area contributed by atoms with Gasteiger partial charge in [0.1, 0.15) is 17.2 Å². The number of fused-ring (bicyclic) bond motifs is 10. The van der Waals surface area contributed by atoms with Crippen LogP contribution in [-0.2, 0) is 0 Å². The predicted molar refractivity (Wildman–Crippen MR) is 165 cm³/mol. The fraction of sp³-hybridized carbons (Fsp3) is 0. The third-order valence-corrected chi connectivity index (χ3v) is 8.25. The average molecular weight is 525 g/mol. The van der Waals surface area contributed by atoms with Crippen LogP contribution < -0.4 is 0 Å². The van der Waals surface area contributed by atoms with Gasteiger partial charge in [-0.1, -0.05) is 72.8 Å². The topological polar surface area (TPSA) is 55.0 Å². The van der Waals surface area contributed by atoms with Crippen LogP contribution in [0.5, 0.6) is 0 Å². The maximum absolute atomic E-state index is 10.3. The third-order valence-electron chi connectivity index (χ3n) is 8.25. The summed E-state index contributed by atoms with van der Waals surface area (Å²) in [6, 6.07) is 43.8. The van der Waals surface area contributed by atoms with Gasteiger partial charge in [0.2, 0.25) is 0 Å². The first-order valence-electron chi connectivity index (χ1n) is 13.6. The quantitative estimate of drug-likeness (QED) is 0.226. The van der Waals surface area contributed by atoms with Gasteiger partial charge in [0.15, 0.2) is 11.2 Å². The number of nitrogens with zero attached hydrogens (tertiary/aromatic N) is 2. The van der Waals surface area contributed by atoms with Crippen LogP contribution in [0.25, 0.3) is 82.5 Å². The Bertz CT molecular complexity index is 2500. The summed E-state index contributed by atoms with van der Waals surface area (Å²) in [6.07, 6.45) is 0. The molecule has 0 bridgehead atoms. The number of nitriles is 1.